The average Bonchev–Trinajstić information content (AvgIpc) is 2.69. The number of aliphatic carboxylic acids is 1. The van der Waals surface area contributed by atoms with Crippen molar-refractivity contribution in [2.45, 2.75) is 52.0 Å². The molecule has 154 valence electrons. The van der Waals surface area contributed by atoms with Gasteiger partial charge in [-0.1, -0.05) is 88.7 Å². The molecular weight excluding hydrogens is 380 g/mol. The highest BCUT2D eigenvalue weighted by molar-refractivity contribution is 7.00. The Morgan fingerprint density at radius 2 is 1.62 bits per heavy atom. The lowest BCUT2D eigenvalue weighted by molar-refractivity contribution is -0.133. The summed E-state index contributed by atoms with van der Waals surface area (Å²) in [5, 5.41) is 10.6. The molecule has 0 aliphatic rings. The molecule has 1 N–H and O–H groups in total. The first-order valence-corrected chi connectivity index (χ1v) is 11.9. The van der Waals surface area contributed by atoms with Crippen molar-refractivity contribution in [2.75, 3.05) is 0 Å². The molecule has 4 nitrogen and oxygen atoms in total. The molecule has 0 radical (unpaired) electrons. The van der Waals surface area contributed by atoms with Gasteiger partial charge in [0.1, 0.15) is 0 Å². The molecule has 0 saturated carbocycles. The van der Waals surface area contributed by atoms with Crippen LogP contribution in [0.15, 0.2) is 66.7 Å². The quantitative estimate of drug-likeness (QED) is 0.526. The summed E-state index contributed by atoms with van der Waals surface area (Å²) in [5.41, 5.74) is 1.19. The van der Waals surface area contributed by atoms with Crippen LogP contribution in [0.1, 0.15) is 46.1 Å². The number of rotatable bonds is 8. The highest BCUT2D eigenvalue weighted by Gasteiger charge is 2.53. The van der Waals surface area contributed by atoms with Crippen molar-refractivity contribution in [2.24, 2.45) is 0 Å². The monoisotopic (exact) mass is 410 g/mol. The molecule has 2 aromatic rings. The van der Waals surface area contributed by atoms with Crippen molar-refractivity contribution in [1.82, 2.24) is 0 Å². The fourth-order valence-electron chi connectivity index (χ4n) is 3.71. The number of benzene rings is 2. The van der Waals surface area contributed by atoms with E-state index in [1.807, 2.05) is 42.5 Å². The van der Waals surface area contributed by atoms with Crippen LogP contribution in [-0.4, -0.2) is 25.4 Å². The Morgan fingerprint density at radius 3 is 2.21 bits per heavy atom. The van der Waals surface area contributed by atoms with Crippen LogP contribution in [0.25, 0.3) is 0 Å². The fraction of sp³-hybridized carbons (Fsp3) is 0.333. The number of carboxylic acids is 1. The second-order valence-corrected chi connectivity index (χ2v) is 12.3. The van der Waals surface area contributed by atoms with E-state index in [1.54, 1.807) is 0 Å². The van der Waals surface area contributed by atoms with Gasteiger partial charge in [-0.2, -0.15) is 0 Å². The molecule has 1 atom stereocenters. The van der Waals surface area contributed by atoms with E-state index in [-0.39, 0.29) is 5.04 Å². The summed E-state index contributed by atoms with van der Waals surface area (Å²) >= 11 is 0. The second-order valence-electron chi connectivity index (χ2n) is 8.15. The molecule has 0 bridgehead atoms. The molecule has 0 fully saturated rings. The molecule has 0 amide bonds. The number of carbonyl (C=O) groups is 2. The van der Waals surface area contributed by atoms with E-state index in [9.17, 15) is 9.59 Å². The molecule has 5 heteroatoms. The van der Waals surface area contributed by atoms with Gasteiger partial charge in [-0.15, -0.1) is 0 Å². The maximum absolute atomic E-state index is 12.7. The lowest BCUT2D eigenvalue weighted by Crippen LogP contribution is -2.68. The third kappa shape index (κ3) is 5.24. The number of hydrogen-bond donors (Lipinski definition) is 1. The number of hydrogen-bond acceptors (Lipinski definition) is 3. The molecule has 0 aliphatic carbocycles. The van der Waals surface area contributed by atoms with Gasteiger partial charge in [0.2, 0.25) is 0 Å². The van der Waals surface area contributed by atoms with Crippen LogP contribution in [0.3, 0.4) is 0 Å². The summed E-state index contributed by atoms with van der Waals surface area (Å²) in [7, 11) is -3.07. The minimum Gasteiger partial charge on any atom is -0.506 e. The molecule has 0 aliphatic heterocycles. The number of aryl methyl sites for hydroxylation is 1. The first-order valence-electron chi connectivity index (χ1n) is 10.00. The van der Waals surface area contributed by atoms with Crippen LogP contribution < -0.4 is 10.4 Å². The van der Waals surface area contributed by atoms with Crippen molar-refractivity contribution in [3.8, 4) is 0 Å². The van der Waals surface area contributed by atoms with Crippen molar-refractivity contribution >= 4 is 30.6 Å². The molecular formula is C24H30O4Si. The fourth-order valence-corrected chi connectivity index (χ4v) is 8.25. The predicted molar refractivity (Wildman–Crippen MR) is 119 cm³/mol. The molecule has 0 spiro atoms. The van der Waals surface area contributed by atoms with Gasteiger partial charge in [0.05, 0.1) is 0 Å². The van der Waals surface area contributed by atoms with Crippen LogP contribution in [0.4, 0.5) is 0 Å². The lowest BCUT2D eigenvalue weighted by atomic mass is 10.1. The van der Waals surface area contributed by atoms with Crippen molar-refractivity contribution in [3.05, 3.63) is 72.3 Å². The summed E-state index contributed by atoms with van der Waals surface area (Å²) in [6.45, 7) is 8.44. The van der Waals surface area contributed by atoms with Crippen LogP contribution >= 0.6 is 0 Å². The van der Waals surface area contributed by atoms with Crippen LogP contribution in [0, 0.1) is 0 Å². The Kier molecular flexibility index (Phi) is 7.57. The molecule has 2 rings (SSSR count). The zero-order valence-electron chi connectivity index (χ0n) is 17.6. The largest absolute Gasteiger partial charge is 0.506 e. The summed E-state index contributed by atoms with van der Waals surface area (Å²) in [4.78, 5) is 23.6. The normalized spacial score (nSPS) is 13.8. The minimum absolute atomic E-state index is 0.358. The van der Waals surface area contributed by atoms with Gasteiger partial charge < -0.3 is 9.53 Å². The van der Waals surface area contributed by atoms with E-state index in [1.165, 1.54) is 5.56 Å². The van der Waals surface area contributed by atoms with Crippen molar-refractivity contribution < 1.29 is 19.1 Å². The molecule has 29 heavy (non-hydrogen) atoms. The number of carbonyl (C=O) groups excluding carboxylic acids is 1. The van der Waals surface area contributed by atoms with E-state index in [0.29, 0.717) is 0 Å². The van der Waals surface area contributed by atoms with E-state index in [2.05, 4.69) is 39.8 Å². The molecule has 0 heterocycles. The van der Waals surface area contributed by atoms with E-state index >= 15 is 0 Å². The third-order valence-corrected chi connectivity index (χ3v) is 10.1. The highest BCUT2D eigenvalue weighted by atomic mass is 28.4. The number of carboxylic acid groups (broad SMARTS) is 1. The highest BCUT2D eigenvalue weighted by Crippen LogP contribution is 2.37. The zero-order valence-corrected chi connectivity index (χ0v) is 18.6. The summed E-state index contributed by atoms with van der Waals surface area (Å²) in [6.07, 6.45) is 4.87. The van der Waals surface area contributed by atoms with Crippen LogP contribution in [0.5, 0.6) is 0 Å². The first kappa shape index (κ1) is 22.6. The molecule has 1 unspecified atom stereocenters. The van der Waals surface area contributed by atoms with Gasteiger partial charge in [0.15, 0.2) is 0 Å². The molecule has 0 saturated heterocycles. The lowest BCUT2D eigenvalue weighted by Gasteiger charge is -2.42. The Balaban J connectivity index is 2.74. The zero-order chi connectivity index (χ0) is 21.5. The Morgan fingerprint density at radius 1 is 1.00 bits per heavy atom. The van der Waals surface area contributed by atoms with Gasteiger partial charge in [-0.25, -0.2) is 9.59 Å². The SMILES string of the molecule is CCCCc1ccccc1[Si](OC(=O)/C=C\C(=O)O)(c1ccccc1)C(C)(C)C. The topological polar surface area (TPSA) is 63.6 Å². The Hall–Kier alpha value is -2.66. The van der Waals surface area contributed by atoms with Crippen molar-refractivity contribution in [3.63, 3.8) is 0 Å². The molecule has 0 aromatic heterocycles. The van der Waals surface area contributed by atoms with Gasteiger partial charge in [-0.05, 0) is 33.8 Å². The molecule has 2 aromatic carbocycles. The minimum atomic E-state index is -3.07. The predicted octanol–water partition coefficient (Wildman–Crippen LogP) is 4.07. The average molecular weight is 411 g/mol. The maximum atomic E-state index is 12.7. The van der Waals surface area contributed by atoms with E-state index in [0.717, 1.165) is 41.8 Å². The summed E-state index contributed by atoms with van der Waals surface area (Å²) in [6, 6.07) is 18.1. The summed E-state index contributed by atoms with van der Waals surface area (Å²) in [5.74, 6) is -1.80. The Labute approximate surface area is 174 Å². The van der Waals surface area contributed by atoms with Crippen LogP contribution in [0.2, 0.25) is 5.04 Å². The maximum Gasteiger partial charge on any atom is 0.328 e. The number of unbranched alkanes of at least 4 members (excludes halogenated alkanes) is 1. The van der Waals surface area contributed by atoms with E-state index in [4.69, 9.17) is 9.53 Å². The van der Waals surface area contributed by atoms with Crippen LogP contribution in [-0.2, 0) is 20.4 Å². The van der Waals surface area contributed by atoms with Gasteiger partial charge >= 0.3 is 20.3 Å². The van der Waals surface area contributed by atoms with E-state index < -0.39 is 20.3 Å². The van der Waals surface area contributed by atoms with Gasteiger partial charge in [-0.3, -0.25) is 0 Å². The summed E-state index contributed by atoms with van der Waals surface area (Å²) < 4.78 is 6.30. The first-order chi connectivity index (χ1) is 13.7. The second kappa shape index (κ2) is 9.70. The third-order valence-electron chi connectivity index (χ3n) is 5.05. The Bertz CT molecular complexity index is 868. The van der Waals surface area contributed by atoms with Gasteiger partial charge in [0.25, 0.3) is 0 Å². The van der Waals surface area contributed by atoms with Crippen molar-refractivity contribution in [1.29, 1.82) is 0 Å². The van der Waals surface area contributed by atoms with Gasteiger partial charge in [0, 0.05) is 12.2 Å². The smallest absolute Gasteiger partial charge is 0.328 e. The standard InChI is InChI=1S/C24H30O4Si/c1-5-6-12-19-13-10-11-16-21(19)29(24(2,3)4,20-14-8-7-9-15-20)28-23(27)18-17-22(25)26/h7-11,13-18H,5-6,12H2,1-4H3,(H,25,26)/b18-17-.